The monoisotopic (exact) mass is 261 g/mol. The zero-order chi connectivity index (χ0) is 13.5. The van der Waals surface area contributed by atoms with E-state index in [2.05, 4.69) is 59.3 Å². The maximum atomic E-state index is 3.52. The van der Waals surface area contributed by atoms with Crippen LogP contribution in [-0.4, -0.2) is 50.2 Å². The molecule has 0 bridgehead atoms. The molecule has 0 radical (unpaired) electrons. The summed E-state index contributed by atoms with van der Waals surface area (Å²) in [6.45, 7) is 11.4. The van der Waals surface area contributed by atoms with Crippen molar-refractivity contribution in [3.8, 4) is 0 Å². The lowest BCUT2D eigenvalue weighted by atomic mass is 10.2. The van der Waals surface area contributed by atoms with Gasteiger partial charge in [-0.3, -0.25) is 4.90 Å². The molecule has 106 valence electrons. The fourth-order valence-electron chi connectivity index (χ4n) is 2.68. The van der Waals surface area contributed by atoms with Gasteiger partial charge in [0.25, 0.3) is 0 Å². The molecule has 0 spiro atoms. The zero-order valence-electron chi connectivity index (χ0n) is 12.3. The molecule has 0 aromatic heterocycles. The Balaban J connectivity index is 1.76. The molecule has 1 heterocycles. The molecule has 1 aliphatic rings. The third-order valence-electron chi connectivity index (χ3n) is 3.93. The predicted molar refractivity (Wildman–Crippen MR) is 82.9 cm³/mol. The Labute approximate surface area is 117 Å². The summed E-state index contributed by atoms with van der Waals surface area (Å²) >= 11 is 0. The number of hydrogen-bond donors (Lipinski definition) is 1. The summed E-state index contributed by atoms with van der Waals surface area (Å²) < 4.78 is 0. The molecule has 2 rings (SSSR count). The van der Waals surface area contributed by atoms with Crippen LogP contribution < -0.4 is 10.2 Å². The van der Waals surface area contributed by atoms with E-state index in [9.17, 15) is 0 Å². The summed E-state index contributed by atoms with van der Waals surface area (Å²) in [5, 5.41) is 3.52. The highest BCUT2D eigenvalue weighted by Gasteiger charge is 2.20. The van der Waals surface area contributed by atoms with Crippen LogP contribution in [0.15, 0.2) is 30.3 Å². The zero-order valence-corrected chi connectivity index (χ0v) is 12.3. The number of rotatable bonds is 6. The van der Waals surface area contributed by atoms with Crippen LogP contribution >= 0.6 is 0 Å². The molecule has 1 aromatic carbocycles. The van der Waals surface area contributed by atoms with E-state index < -0.39 is 0 Å². The van der Waals surface area contributed by atoms with Crippen molar-refractivity contribution in [3.05, 3.63) is 30.3 Å². The van der Waals surface area contributed by atoms with Crippen LogP contribution in [0, 0.1) is 0 Å². The van der Waals surface area contributed by atoms with Crippen LogP contribution in [0.5, 0.6) is 0 Å². The van der Waals surface area contributed by atoms with Gasteiger partial charge in [-0.05, 0) is 32.0 Å². The first-order chi connectivity index (χ1) is 9.31. The standard InChI is InChI=1S/C16H27N3/c1-3-9-17-14-15(2)18-10-12-19(13-11-18)16-7-5-4-6-8-16/h4-8,15,17H,3,9-14H2,1-2H3. The van der Waals surface area contributed by atoms with Gasteiger partial charge in [-0.25, -0.2) is 0 Å². The molecule has 1 saturated heterocycles. The van der Waals surface area contributed by atoms with E-state index in [1.807, 2.05) is 0 Å². The molecule has 19 heavy (non-hydrogen) atoms. The highest BCUT2D eigenvalue weighted by molar-refractivity contribution is 5.46. The smallest absolute Gasteiger partial charge is 0.0367 e. The van der Waals surface area contributed by atoms with Crippen molar-refractivity contribution in [2.45, 2.75) is 26.3 Å². The maximum absolute atomic E-state index is 3.52. The molecule has 1 atom stereocenters. The van der Waals surface area contributed by atoms with Gasteiger partial charge in [0, 0.05) is 44.5 Å². The first-order valence-corrected chi connectivity index (χ1v) is 7.56. The summed E-state index contributed by atoms with van der Waals surface area (Å²) in [6, 6.07) is 11.4. The Bertz CT molecular complexity index is 344. The van der Waals surface area contributed by atoms with Crippen LogP contribution in [-0.2, 0) is 0 Å². The van der Waals surface area contributed by atoms with Crippen molar-refractivity contribution >= 4 is 5.69 Å². The van der Waals surface area contributed by atoms with Gasteiger partial charge in [0.1, 0.15) is 0 Å². The number of para-hydroxylation sites is 1. The van der Waals surface area contributed by atoms with Crippen LogP contribution in [0.1, 0.15) is 20.3 Å². The minimum absolute atomic E-state index is 0.643. The van der Waals surface area contributed by atoms with Gasteiger partial charge in [0.2, 0.25) is 0 Å². The lowest BCUT2D eigenvalue weighted by Gasteiger charge is -2.39. The van der Waals surface area contributed by atoms with E-state index in [0.29, 0.717) is 6.04 Å². The van der Waals surface area contributed by atoms with Crippen LogP contribution in [0.2, 0.25) is 0 Å². The Morgan fingerprint density at radius 1 is 1.11 bits per heavy atom. The number of benzene rings is 1. The highest BCUT2D eigenvalue weighted by atomic mass is 15.3. The van der Waals surface area contributed by atoms with E-state index in [4.69, 9.17) is 0 Å². The first kappa shape index (κ1) is 14.4. The van der Waals surface area contributed by atoms with E-state index in [1.54, 1.807) is 0 Å². The van der Waals surface area contributed by atoms with Crippen molar-refractivity contribution in [3.63, 3.8) is 0 Å². The first-order valence-electron chi connectivity index (χ1n) is 7.56. The van der Waals surface area contributed by atoms with Crippen molar-refractivity contribution in [2.24, 2.45) is 0 Å². The van der Waals surface area contributed by atoms with Crippen LogP contribution in [0.4, 0.5) is 5.69 Å². The van der Waals surface area contributed by atoms with Gasteiger partial charge >= 0.3 is 0 Å². The van der Waals surface area contributed by atoms with Crippen molar-refractivity contribution in [1.82, 2.24) is 10.2 Å². The largest absolute Gasteiger partial charge is 0.369 e. The predicted octanol–water partition coefficient (Wildman–Crippen LogP) is 2.20. The average Bonchev–Trinajstić information content (AvgIpc) is 2.48. The van der Waals surface area contributed by atoms with Crippen molar-refractivity contribution < 1.29 is 0 Å². The minimum atomic E-state index is 0.643. The summed E-state index contributed by atoms with van der Waals surface area (Å²) in [5.41, 5.74) is 1.36. The van der Waals surface area contributed by atoms with Gasteiger partial charge in [-0.1, -0.05) is 25.1 Å². The molecule has 3 heteroatoms. The third kappa shape index (κ3) is 4.22. The van der Waals surface area contributed by atoms with E-state index in [-0.39, 0.29) is 0 Å². The van der Waals surface area contributed by atoms with E-state index >= 15 is 0 Å². The number of hydrogen-bond acceptors (Lipinski definition) is 3. The summed E-state index contributed by atoms with van der Waals surface area (Å²) in [7, 11) is 0. The van der Waals surface area contributed by atoms with Crippen LogP contribution in [0.3, 0.4) is 0 Å². The Morgan fingerprint density at radius 2 is 1.79 bits per heavy atom. The maximum Gasteiger partial charge on any atom is 0.0367 e. The quantitative estimate of drug-likeness (QED) is 0.792. The van der Waals surface area contributed by atoms with E-state index in [0.717, 1.165) is 26.2 Å². The Hall–Kier alpha value is -1.06. The summed E-state index contributed by atoms with van der Waals surface area (Å²) in [5.74, 6) is 0. The minimum Gasteiger partial charge on any atom is -0.369 e. The second kappa shape index (κ2) is 7.51. The van der Waals surface area contributed by atoms with E-state index in [1.165, 1.54) is 25.2 Å². The number of nitrogens with zero attached hydrogens (tertiary/aromatic N) is 2. The third-order valence-corrected chi connectivity index (χ3v) is 3.93. The van der Waals surface area contributed by atoms with Gasteiger partial charge < -0.3 is 10.2 Å². The summed E-state index contributed by atoms with van der Waals surface area (Å²) in [6.07, 6.45) is 1.22. The van der Waals surface area contributed by atoms with Gasteiger partial charge in [0.05, 0.1) is 0 Å². The second-order valence-electron chi connectivity index (χ2n) is 5.41. The number of anilines is 1. The molecule has 1 fully saturated rings. The molecule has 1 N–H and O–H groups in total. The van der Waals surface area contributed by atoms with Gasteiger partial charge in [-0.2, -0.15) is 0 Å². The molecule has 0 saturated carbocycles. The topological polar surface area (TPSA) is 18.5 Å². The number of piperazine rings is 1. The summed E-state index contributed by atoms with van der Waals surface area (Å²) in [4.78, 5) is 5.09. The molecule has 0 aliphatic carbocycles. The van der Waals surface area contributed by atoms with Crippen molar-refractivity contribution in [1.29, 1.82) is 0 Å². The normalized spacial score (nSPS) is 18.5. The molecule has 1 unspecified atom stereocenters. The SMILES string of the molecule is CCCNCC(C)N1CCN(c2ccccc2)CC1. The lowest BCUT2D eigenvalue weighted by molar-refractivity contribution is 0.193. The fourth-order valence-corrected chi connectivity index (χ4v) is 2.68. The number of nitrogens with one attached hydrogen (secondary N) is 1. The Kier molecular flexibility index (Phi) is 5.67. The second-order valence-corrected chi connectivity index (χ2v) is 5.41. The van der Waals surface area contributed by atoms with Crippen molar-refractivity contribution in [2.75, 3.05) is 44.2 Å². The van der Waals surface area contributed by atoms with Crippen LogP contribution in [0.25, 0.3) is 0 Å². The molecule has 1 aliphatic heterocycles. The molecule has 0 amide bonds. The average molecular weight is 261 g/mol. The molecular weight excluding hydrogens is 234 g/mol. The Morgan fingerprint density at radius 3 is 2.42 bits per heavy atom. The fraction of sp³-hybridized carbons (Fsp3) is 0.625. The highest BCUT2D eigenvalue weighted by Crippen LogP contribution is 2.16. The lowest BCUT2D eigenvalue weighted by Crippen LogP contribution is -2.52. The molecule has 3 nitrogen and oxygen atoms in total. The van der Waals surface area contributed by atoms with Gasteiger partial charge in [0.15, 0.2) is 0 Å². The molecular formula is C16H27N3. The molecule has 1 aromatic rings. The van der Waals surface area contributed by atoms with Gasteiger partial charge in [-0.15, -0.1) is 0 Å².